The lowest BCUT2D eigenvalue weighted by Gasteiger charge is -2.06. The van der Waals surface area contributed by atoms with Crippen molar-refractivity contribution in [3.63, 3.8) is 0 Å². The molecule has 2 N–H and O–H groups in total. The lowest BCUT2D eigenvalue weighted by molar-refractivity contribution is -0.120. The van der Waals surface area contributed by atoms with Crippen molar-refractivity contribution in [3.05, 3.63) is 35.1 Å². The minimum Gasteiger partial charge on any atom is -0.355 e. The highest BCUT2D eigenvalue weighted by atomic mass is 19.1. The van der Waals surface area contributed by atoms with Crippen LogP contribution in [0.5, 0.6) is 0 Å². The van der Waals surface area contributed by atoms with Crippen molar-refractivity contribution in [3.8, 4) is 0 Å². The number of likely N-dealkylation sites (N-methyl/N-ethyl adjacent to an activating group) is 1. The van der Waals surface area contributed by atoms with Gasteiger partial charge in [0.2, 0.25) is 5.91 Å². The first-order valence-electron chi connectivity index (χ1n) is 5.36. The van der Waals surface area contributed by atoms with Crippen LogP contribution >= 0.6 is 0 Å². The SMILES string of the molecule is CCNC(=O)CNCc1ccc(F)c(C)c1. The van der Waals surface area contributed by atoms with Crippen LogP contribution in [0.15, 0.2) is 18.2 Å². The summed E-state index contributed by atoms with van der Waals surface area (Å²) in [6, 6.07) is 4.94. The second kappa shape index (κ2) is 6.23. The molecule has 3 nitrogen and oxygen atoms in total. The van der Waals surface area contributed by atoms with Gasteiger partial charge in [-0.25, -0.2) is 4.39 Å². The Hall–Kier alpha value is -1.42. The van der Waals surface area contributed by atoms with Gasteiger partial charge in [-0.05, 0) is 31.0 Å². The Balaban J connectivity index is 2.37. The highest BCUT2D eigenvalue weighted by molar-refractivity contribution is 5.77. The fourth-order valence-electron chi connectivity index (χ4n) is 1.40. The first-order valence-corrected chi connectivity index (χ1v) is 5.36. The van der Waals surface area contributed by atoms with Crippen LogP contribution in [0.1, 0.15) is 18.1 Å². The number of aryl methyl sites for hydroxylation is 1. The lowest BCUT2D eigenvalue weighted by atomic mass is 10.1. The van der Waals surface area contributed by atoms with Crippen LogP contribution in [0.3, 0.4) is 0 Å². The Morgan fingerprint density at radius 3 is 2.81 bits per heavy atom. The zero-order chi connectivity index (χ0) is 12.0. The number of amides is 1. The van der Waals surface area contributed by atoms with Gasteiger partial charge in [0.05, 0.1) is 6.54 Å². The average Bonchev–Trinajstić information content (AvgIpc) is 2.24. The third-order valence-corrected chi connectivity index (χ3v) is 2.21. The van der Waals surface area contributed by atoms with E-state index in [1.807, 2.05) is 6.92 Å². The van der Waals surface area contributed by atoms with Gasteiger partial charge in [-0.2, -0.15) is 0 Å². The molecule has 0 aliphatic carbocycles. The minimum atomic E-state index is -0.201. The van der Waals surface area contributed by atoms with E-state index in [1.54, 1.807) is 19.1 Å². The summed E-state index contributed by atoms with van der Waals surface area (Å²) in [5.41, 5.74) is 1.60. The molecule has 0 spiro atoms. The zero-order valence-electron chi connectivity index (χ0n) is 9.64. The van der Waals surface area contributed by atoms with E-state index in [9.17, 15) is 9.18 Å². The van der Waals surface area contributed by atoms with Crippen LogP contribution < -0.4 is 10.6 Å². The molecule has 0 unspecified atom stereocenters. The highest BCUT2D eigenvalue weighted by Gasteiger charge is 2.01. The summed E-state index contributed by atoms with van der Waals surface area (Å²) in [5, 5.41) is 5.69. The standard InChI is InChI=1S/C12H17FN2O/c1-3-15-12(16)8-14-7-10-4-5-11(13)9(2)6-10/h4-6,14H,3,7-8H2,1-2H3,(H,15,16). The van der Waals surface area contributed by atoms with Crippen LogP contribution in [0.2, 0.25) is 0 Å². The molecule has 0 aliphatic heterocycles. The molecule has 0 heterocycles. The van der Waals surface area contributed by atoms with Crippen molar-refractivity contribution in [2.75, 3.05) is 13.1 Å². The minimum absolute atomic E-state index is 0.0265. The van der Waals surface area contributed by atoms with Crippen molar-refractivity contribution < 1.29 is 9.18 Å². The first kappa shape index (κ1) is 12.6. The second-order valence-electron chi connectivity index (χ2n) is 3.64. The van der Waals surface area contributed by atoms with E-state index >= 15 is 0 Å². The monoisotopic (exact) mass is 224 g/mol. The number of carbonyl (C=O) groups is 1. The zero-order valence-corrected chi connectivity index (χ0v) is 9.64. The van der Waals surface area contributed by atoms with E-state index in [-0.39, 0.29) is 18.3 Å². The molecule has 0 aliphatic rings. The van der Waals surface area contributed by atoms with Gasteiger partial charge in [0, 0.05) is 13.1 Å². The molecule has 0 fully saturated rings. The predicted octanol–water partition coefficient (Wildman–Crippen LogP) is 1.36. The molecule has 1 rings (SSSR count). The third-order valence-electron chi connectivity index (χ3n) is 2.21. The highest BCUT2D eigenvalue weighted by Crippen LogP contribution is 2.08. The van der Waals surface area contributed by atoms with Gasteiger partial charge < -0.3 is 10.6 Å². The average molecular weight is 224 g/mol. The summed E-state index contributed by atoms with van der Waals surface area (Å²) >= 11 is 0. The van der Waals surface area contributed by atoms with Crippen LogP contribution in [-0.2, 0) is 11.3 Å². The van der Waals surface area contributed by atoms with Crippen molar-refractivity contribution in [1.82, 2.24) is 10.6 Å². The van der Waals surface area contributed by atoms with Crippen LogP contribution in [0, 0.1) is 12.7 Å². The molecule has 0 saturated carbocycles. The molecule has 1 aromatic rings. The van der Waals surface area contributed by atoms with E-state index in [0.717, 1.165) is 5.56 Å². The van der Waals surface area contributed by atoms with Crippen LogP contribution in [0.4, 0.5) is 4.39 Å². The quantitative estimate of drug-likeness (QED) is 0.793. The van der Waals surface area contributed by atoms with E-state index in [2.05, 4.69) is 10.6 Å². The number of halogens is 1. The van der Waals surface area contributed by atoms with Crippen molar-refractivity contribution >= 4 is 5.91 Å². The Morgan fingerprint density at radius 2 is 2.19 bits per heavy atom. The van der Waals surface area contributed by atoms with Crippen LogP contribution in [0.25, 0.3) is 0 Å². The molecular formula is C12H17FN2O. The maximum absolute atomic E-state index is 13.0. The molecule has 4 heteroatoms. The molecule has 0 atom stereocenters. The molecule has 16 heavy (non-hydrogen) atoms. The molecule has 1 amide bonds. The molecule has 0 radical (unpaired) electrons. The van der Waals surface area contributed by atoms with Gasteiger partial charge in [-0.1, -0.05) is 12.1 Å². The van der Waals surface area contributed by atoms with Gasteiger partial charge >= 0.3 is 0 Å². The Labute approximate surface area is 95.0 Å². The molecule has 1 aromatic carbocycles. The largest absolute Gasteiger partial charge is 0.355 e. The third kappa shape index (κ3) is 3.98. The lowest BCUT2D eigenvalue weighted by Crippen LogP contribution is -2.33. The van der Waals surface area contributed by atoms with Gasteiger partial charge in [0.15, 0.2) is 0 Å². The summed E-state index contributed by atoms with van der Waals surface area (Å²) in [6.45, 7) is 5.09. The van der Waals surface area contributed by atoms with Crippen molar-refractivity contribution in [2.45, 2.75) is 20.4 Å². The Bertz CT molecular complexity index is 366. The summed E-state index contributed by atoms with van der Waals surface area (Å²) in [6.07, 6.45) is 0. The van der Waals surface area contributed by atoms with Gasteiger partial charge in [-0.15, -0.1) is 0 Å². The van der Waals surface area contributed by atoms with Gasteiger partial charge in [0.1, 0.15) is 5.82 Å². The fraction of sp³-hybridized carbons (Fsp3) is 0.417. The molecule has 0 bridgehead atoms. The first-order chi connectivity index (χ1) is 7.63. The molecule has 88 valence electrons. The smallest absolute Gasteiger partial charge is 0.233 e. The van der Waals surface area contributed by atoms with Crippen molar-refractivity contribution in [2.24, 2.45) is 0 Å². The number of hydrogen-bond acceptors (Lipinski definition) is 2. The van der Waals surface area contributed by atoms with Gasteiger partial charge in [-0.3, -0.25) is 4.79 Å². The normalized spacial score (nSPS) is 10.2. The van der Waals surface area contributed by atoms with E-state index < -0.39 is 0 Å². The second-order valence-corrected chi connectivity index (χ2v) is 3.64. The molecule has 0 aromatic heterocycles. The van der Waals surface area contributed by atoms with Crippen molar-refractivity contribution in [1.29, 1.82) is 0 Å². The van der Waals surface area contributed by atoms with Crippen LogP contribution in [-0.4, -0.2) is 19.0 Å². The maximum Gasteiger partial charge on any atom is 0.233 e. The Kier molecular flexibility index (Phi) is 4.92. The molecular weight excluding hydrogens is 207 g/mol. The number of rotatable bonds is 5. The summed E-state index contributed by atoms with van der Waals surface area (Å²) in [5.74, 6) is -0.228. The Morgan fingerprint density at radius 1 is 1.44 bits per heavy atom. The van der Waals surface area contributed by atoms with Gasteiger partial charge in [0.25, 0.3) is 0 Å². The summed E-state index contributed by atoms with van der Waals surface area (Å²) in [4.78, 5) is 11.1. The van der Waals surface area contributed by atoms with E-state index in [0.29, 0.717) is 18.7 Å². The topological polar surface area (TPSA) is 41.1 Å². The summed E-state index contributed by atoms with van der Waals surface area (Å²) < 4.78 is 13.0. The number of carbonyl (C=O) groups excluding carboxylic acids is 1. The van der Waals surface area contributed by atoms with E-state index in [1.165, 1.54) is 6.07 Å². The predicted molar refractivity (Wildman–Crippen MR) is 61.5 cm³/mol. The summed E-state index contributed by atoms with van der Waals surface area (Å²) in [7, 11) is 0. The molecule has 0 saturated heterocycles. The maximum atomic E-state index is 13.0. The number of benzene rings is 1. The number of hydrogen-bond donors (Lipinski definition) is 2. The van der Waals surface area contributed by atoms with E-state index in [4.69, 9.17) is 0 Å². The fourth-order valence-corrected chi connectivity index (χ4v) is 1.40. The number of nitrogens with one attached hydrogen (secondary N) is 2.